The third kappa shape index (κ3) is 2.51. The van der Waals surface area contributed by atoms with Crippen LogP contribution in [0, 0.1) is 11.3 Å². The molecule has 0 amide bonds. The van der Waals surface area contributed by atoms with Crippen molar-refractivity contribution in [3.8, 4) is 0 Å². The van der Waals surface area contributed by atoms with Crippen molar-refractivity contribution < 1.29 is 0 Å². The normalized spacial score (nSPS) is 31.7. The van der Waals surface area contributed by atoms with Crippen LogP contribution in [0.1, 0.15) is 38.2 Å². The molecular weight excluding hydrogens is 334 g/mol. The van der Waals surface area contributed by atoms with Gasteiger partial charge in [-0.3, -0.25) is 4.90 Å². The van der Waals surface area contributed by atoms with Gasteiger partial charge in [-0.2, -0.15) is 0 Å². The molecule has 0 unspecified atom stereocenters. The van der Waals surface area contributed by atoms with Gasteiger partial charge in [0.1, 0.15) is 0 Å². The number of fused-ring (bicyclic) bond motifs is 3. The molecule has 1 heterocycles. The van der Waals surface area contributed by atoms with Gasteiger partial charge in [0.2, 0.25) is 0 Å². The molecule has 4 rings (SSSR count). The SMILES string of the molecule is C[C@@]12CCC3=C(Br)CCC=C3[C@@H]1CN(Cc1ccccc1)C2. The van der Waals surface area contributed by atoms with Crippen LogP contribution in [0.5, 0.6) is 0 Å². The minimum atomic E-state index is 0.467. The summed E-state index contributed by atoms with van der Waals surface area (Å²) >= 11 is 3.84. The Hall–Kier alpha value is -0.860. The van der Waals surface area contributed by atoms with Crippen LogP contribution in [0.15, 0.2) is 52.0 Å². The molecule has 1 nitrogen and oxygen atoms in total. The Morgan fingerprint density at radius 2 is 2.05 bits per heavy atom. The van der Waals surface area contributed by atoms with Gasteiger partial charge in [0.05, 0.1) is 0 Å². The van der Waals surface area contributed by atoms with E-state index >= 15 is 0 Å². The van der Waals surface area contributed by atoms with Gasteiger partial charge < -0.3 is 0 Å². The van der Waals surface area contributed by atoms with E-state index in [0.717, 1.165) is 12.5 Å². The highest BCUT2D eigenvalue weighted by Gasteiger charge is 2.48. The Balaban J connectivity index is 1.57. The summed E-state index contributed by atoms with van der Waals surface area (Å²) in [5, 5.41) is 0. The minimum absolute atomic E-state index is 0.467. The number of benzene rings is 1. The first-order valence-corrected chi connectivity index (χ1v) is 9.29. The molecule has 1 aromatic rings. The molecule has 0 N–H and O–H groups in total. The molecule has 2 heteroatoms. The predicted octanol–water partition coefficient (Wildman–Crippen LogP) is 5.29. The van der Waals surface area contributed by atoms with Crippen LogP contribution in [-0.2, 0) is 6.54 Å². The molecular formula is C20H24BrN. The fourth-order valence-corrected chi connectivity index (χ4v) is 5.34. The lowest BCUT2D eigenvalue weighted by Crippen LogP contribution is -2.33. The van der Waals surface area contributed by atoms with Crippen molar-refractivity contribution in [2.75, 3.05) is 13.1 Å². The van der Waals surface area contributed by atoms with Crippen molar-refractivity contribution >= 4 is 15.9 Å². The number of nitrogens with zero attached hydrogens (tertiary/aromatic N) is 1. The first kappa shape index (κ1) is 14.7. The van der Waals surface area contributed by atoms with E-state index < -0.39 is 0 Å². The lowest BCUT2D eigenvalue weighted by molar-refractivity contribution is 0.225. The standard InChI is InChI=1S/C20H24BrN/c1-20-11-10-17-16(8-5-9-19(17)21)18(20)13-22(14-20)12-15-6-3-2-4-7-15/h2-4,6-8,18H,5,9-14H2,1H3/t18-,20-/m0/s1. The zero-order valence-electron chi connectivity index (χ0n) is 13.3. The number of hydrogen-bond acceptors (Lipinski definition) is 1. The number of likely N-dealkylation sites (tertiary alicyclic amines) is 1. The fourth-order valence-electron chi connectivity index (χ4n) is 4.68. The second kappa shape index (κ2) is 5.65. The second-order valence-electron chi connectivity index (χ2n) is 7.44. The predicted molar refractivity (Wildman–Crippen MR) is 95.8 cm³/mol. The van der Waals surface area contributed by atoms with Crippen molar-refractivity contribution in [3.05, 3.63) is 57.6 Å². The van der Waals surface area contributed by atoms with Gasteiger partial charge in [-0.05, 0) is 52.3 Å². The molecule has 2 aliphatic carbocycles. The van der Waals surface area contributed by atoms with Crippen LogP contribution in [0.4, 0.5) is 0 Å². The average Bonchev–Trinajstić information content (AvgIpc) is 2.85. The third-order valence-corrected chi connectivity index (χ3v) is 6.72. The molecule has 3 aliphatic rings. The lowest BCUT2D eigenvalue weighted by Gasteiger charge is -2.40. The maximum absolute atomic E-state index is 3.84. The first-order chi connectivity index (χ1) is 10.7. The molecule has 116 valence electrons. The third-order valence-electron chi connectivity index (χ3n) is 5.84. The highest BCUT2D eigenvalue weighted by atomic mass is 79.9. The zero-order valence-corrected chi connectivity index (χ0v) is 14.9. The summed E-state index contributed by atoms with van der Waals surface area (Å²) in [4.78, 5) is 2.67. The molecule has 0 bridgehead atoms. The Kier molecular flexibility index (Phi) is 3.78. The summed E-state index contributed by atoms with van der Waals surface area (Å²) in [6, 6.07) is 10.9. The quantitative estimate of drug-likeness (QED) is 0.695. The van der Waals surface area contributed by atoms with Gasteiger partial charge in [-0.15, -0.1) is 0 Å². The fraction of sp³-hybridized carbons (Fsp3) is 0.500. The number of allylic oxidation sites excluding steroid dienone is 3. The lowest BCUT2D eigenvalue weighted by atomic mass is 9.64. The van der Waals surface area contributed by atoms with E-state index in [4.69, 9.17) is 0 Å². The Morgan fingerprint density at radius 1 is 1.23 bits per heavy atom. The largest absolute Gasteiger partial charge is 0.298 e. The average molecular weight is 358 g/mol. The van der Waals surface area contributed by atoms with Crippen LogP contribution >= 0.6 is 15.9 Å². The minimum Gasteiger partial charge on any atom is -0.298 e. The summed E-state index contributed by atoms with van der Waals surface area (Å²) < 4.78 is 1.48. The summed E-state index contributed by atoms with van der Waals surface area (Å²) in [6.45, 7) is 6.08. The first-order valence-electron chi connectivity index (χ1n) is 8.50. The van der Waals surface area contributed by atoms with Crippen LogP contribution in [0.2, 0.25) is 0 Å². The van der Waals surface area contributed by atoms with Crippen molar-refractivity contribution in [2.45, 2.75) is 39.2 Å². The van der Waals surface area contributed by atoms with Crippen LogP contribution < -0.4 is 0 Å². The van der Waals surface area contributed by atoms with Crippen molar-refractivity contribution in [2.24, 2.45) is 11.3 Å². The van der Waals surface area contributed by atoms with E-state index in [1.165, 1.54) is 48.8 Å². The van der Waals surface area contributed by atoms with E-state index in [2.05, 4.69) is 64.2 Å². The van der Waals surface area contributed by atoms with Gasteiger partial charge in [-0.25, -0.2) is 0 Å². The maximum atomic E-state index is 3.84. The summed E-state index contributed by atoms with van der Waals surface area (Å²) in [5.74, 6) is 0.729. The molecule has 1 saturated carbocycles. The zero-order chi connectivity index (χ0) is 15.2. The van der Waals surface area contributed by atoms with Gasteiger partial charge in [-0.1, -0.05) is 59.3 Å². The second-order valence-corrected chi connectivity index (χ2v) is 8.40. The van der Waals surface area contributed by atoms with Gasteiger partial charge in [0, 0.05) is 25.6 Å². The Labute approximate surface area is 142 Å². The molecule has 2 atom stereocenters. The monoisotopic (exact) mass is 357 g/mol. The molecule has 2 fully saturated rings. The van der Waals surface area contributed by atoms with E-state index in [0.29, 0.717) is 5.41 Å². The van der Waals surface area contributed by atoms with Gasteiger partial charge in [0.15, 0.2) is 0 Å². The summed E-state index contributed by atoms with van der Waals surface area (Å²) in [6.07, 6.45) is 7.55. The summed E-state index contributed by atoms with van der Waals surface area (Å²) in [7, 11) is 0. The Morgan fingerprint density at radius 3 is 2.86 bits per heavy atom. The van der Waals surface area contributed by atoms with Crippen molar-refractivity contribution in [1.82, 2.24) is 4.90 Å². The van der Waals surface area contributed by atoms with Crippen LogP contribution in [0.25, 0.3) is 0 Å². The smallest absolute Gasteiger partial charge is 0.0234 e. The number of halogens is 1. The molecule has 0 radical (unpaired) electrons. The highest BCUT2D eigenvalue weighted by molar-refractivity contribution is 9.11. The van der Waals surface area contributed by atoms with E-state index in [1.807, 2.05) is 0 Å². The molecule has 1 saturated heterocycles. The van der Waals surface area contributed by atoms with Crippen molar-refractivity contribution in [1.29, 1.82) is 0 Å². The van der Waals surface area contributed by atoms with E-state index in [1.54, 1.807) is 11.1 Å². The van der Waals surface area contributed by atoms with E-state index in [9.17, 15) is 0 Å². The molecule has 1 aromatic carbocycles. The highest BCUT2D eigenvalue weighted by Crippen LogP contribution is 2.53. The molecule has 0 spiro atoms. The summed E-state index contributed by atoms with van der Waals surface area (Å²) in [5.41, 5.74) is 5.21. The van der Waals surface area contributed by atoms with Gasteiger partial charge in [0.25, 0.3) is 0 Å². The van der Waals surface area contributed by atoms with Crippen LogP contribution in [0.3, 0.4) is 0 Å². The molecule has 0 aromatic heterocycles. The maximum Gasteiger partial charge on any atom is 0.0234 e. The van der Waals surface area contributed by atoms with Crippen LogP contribution in [-0.4, -0.2) is 18.0 Å². The number of hydrogen-bond donors (Lipinski definition) is 0. The molecule has 1 aliphatic heterocycles. The van der Waals surface area contributed by atoms with Crippen molar-refractivity contribution in [3.63, 3.8) is 0 Å². The Bertz CT molecular complexity index is 630. The number of rotatable bonds is 2. The topological polar surface area (TPSA) is 3.24 Å². The van der Waals surface area contributed by atoms with Gasteiger partial charge >= 0.3 is 0 Å². The molecule has 22 heavy (non-hydrogen) atoms. The van der Waals surface area contributed by atoms with E-state index in [-0.39, 0.29) is 0 Å².